The smallest absolute Gasteiger partial charge is 0.248 e. The first-order valence-electron chi connectivity index (χ1n) is 4.57. The molecule has 0 aliphatic rings. The van der Waals surface area contributed by atoms with Crippen LogP contribution >= 0.6 is 23.1 Å². The Hall–Kier alpha value is -1.46. The van der Waals surface area contributed by atoms with Gasteiger partial charge in [0, 0.05) is 16.1 Å². The highest BCUT2D eigenvalue weighted by molar-refractivity contribution is 8.01. The number of carbonyl (C=O) groups excluding carboxylic acids is 1. The predicted molar refractivity (Wildman–Crippen MR) is 67.8 cm³/mol. The minimum atomic E-state index is -0.459. The molecule has 1 aromatic carbocycles. The fraction of sp³-hybridized carbons (Fsp3) is 0. The third-order valence-electron chi connectivity index (χ3n) is 2.00. The second-order valence-corrected chi connectivity index (χ2v) is 5.44. The van der Waals surface area contributed by atoms with Crippen molar-refractivity contribution in [3.63, 3.8) is 0 Å². The number of amides is 1. The second-order valence-electron chi connectivity index (χ2n) is 3.15. The lowest BCUT2D eigenvalue weighted by Gasteiger charge is -2.04. The Morgan fingerprint density at radius 1 is 1.31 bits per heavy atom. The molecule has 3 nitrogen and oxygen atoms in total. The Morgan fingerprint density at radius 3 is 2.69 bits per heavy atom. The van der Waals surface area contributed by atoms with Crippen molar-refractivity contribution in [1.82, 2.24) is 0 Å². The van der Waals surface area contributed by atoms with Crippen LogP contribution in [0, 0.1) is 0 Å². The summed E-state index contributed by atoms with van der Waals surface area (Å²) in [6.07, 6.45) is 0. The summed E-state index contributed by atoms with van der Waals surface area (Å²) in [6, 6.07) is 9.13. The van der Waals surface area contributed by atoms with Crippen LogP contribution in [0.4, 0.5) is 5.69 Å². The molecule has 0 aliphatic carbocycles. The number of nitrogens with two attached hydrogens (primary N) is 2. The van der Waals surface area contributed by atoms with Crippen LogP contribution in [0.1, 0.15) is 10.4 Å². The van der Waals surface area contributed by atoms with Crippen LogP contribution in [0.5, 0.6) is 0 Å². The summed E-state index contributed by atoms with van der Waals surface area (Å²) in [5, 5.41) is 2.01. The van der Waals surface area contributed by atoms with Gasteiger partial charge in [-0.1, -0.05) is 17.8 Å². The molecule has 2 rings (SSSR count). The second kappa shape index (κ2) is 4.59. The molecule has 1 aromatic heterocycles. The molecular weight excluding hydrogens is 240 g/mol. The highest BCUT2D eigenvalue weighted by Gasteiger charge is 2.06. The van der Waals surface area contributed by atoms with Crippen LogP contribution in [0.25, 0.3) is 0 Å². The largest absolute Gasteiger partial charge is 0.398 e. The molecule has 1 heterocycles. The number of thiophene rings is 1. The highest BCUT2D eigenvalue weighted by atomic mass is 32.2. The van der Waals surface area contributed by atoms with Gasteiger partial charge in [0.05, 0.1) is 4.21 Å². The monoisotopic (exact) mass is 250 g/mol. The number of carbonyl (C=O) groups is 1. The van der Waals surface area contributed by atoms with Crippen molar-refractivity contribution < 1.29 is 4.79 Å². The van der Waals surface area contributed by atoms with Gasteiger partial charge < -0.3 is 11.5 Å². The van der Waals surface area contributed by atoms with Gasteiger partial charge in [0.1, 0.15) is 0 Å². The Morgan fingerprint density at radius 2 is 2.12 bits per heavy atom. The maximum absolute atomic E-state index is 10.9. The Bertz CT molecular complexity index is 509. The molecular formula is C11H10N2OS2. The van der Waals surface area contributed by atoms with Gasteiger partial charge in [-0.15, -0.1) is 11.3 Å². The topological polar surface area (TPSA) is 69.1 Å². The summed E-state index contributed by atoms with van der Waals surface area (Å²) in [5.74, 6) is -0.459. The highest BCUT2D eigenvalue weighted by Crippen LogP contribution is 2.34. The molecule has 0 saturated carbocycles. The van der Waals surface area contributed by atoms with E-state index in [1.54, 1.807) is 35.2 Å². The Kier molecular flexibility index (Phi) is 3.17. The summed E-state index contributed by atoms with van der Waals surface area (Å²) < 4.78 is 1.17. The summed E-state index contributed by atoms with van der Waals surface area (Å²) in [6.45, 7) is 0. The molecule has 82 valence electrons. The first kappa shape index (κ1) is 11.0. The normalized spacial score (nSPS) is 10.2. The van der Waals surface area contributed by atoms with E-state index in [0.29, 0.717) is 11.3 Å². The summed E-state index contributed by atoms with van der Waals surface area (Å²) in [4.78, 5) is 11.9. The van der Waals surface area contributed by atoms with Crippen LogP contribution in [0.15, 0.2) is 44.8 Å². The Balaban J connectivity index is 2.26. The van der Waals surface area contributed by atoms with Gasteiger partial charge in [0.15, 0.2) is 0 Å². The number of nitrogen functional groups attached to an aromatic ring is 1. The van der Waals surface area contributed by atoms with Gasteiger partial charge >= 0.3 is 0 Å². The SMILES string of the molecule is NC(=O)c1ccc(Sc2cccs2)c(N)c1. The Labute approximate surface area is 101 Å². The minimum Gasteiger partial charge on any atom is -0.398 e. The first-order valence-corrected chi connectivity index (χ1v) is 6.27. The van der Waals surface area contributed by atoms with E-state index in [0.717, 1.165) is 4.90 Å². The molecule has 16 heavy (non-hydrogen) atoms. The van der Waals surface area contributed by atoms with Crippen molar-refractivity contribution in [3.8, 4) is 0 Å². The molecule has 0 radical (unpaired) electrons. The van der Waals surface area contributed by atoms with Gasteiger partial charge in [-0.05, 0) is 29.6 Å². The van der Waals surface area contributed by atoms with Gasteiger partial charge in [-0.3, -0.25) is 4.79 Å². The van der Waals surface area contributed by atoms with E-state index < -0.39 is 5.91 Å². The van der Waals surface area contributed by atoms with Crippen LogP contribution in [0.2, 0.25) is 0 Å². The molecule has 0 bridgehead atoms. The lowest BCUT2D eigenvalue weighted by Crippen LogP contribution is -2.11. The van der Waals surface area contributed by atoms with E-state index in [2.05, 4.69) is 0 Å². The van der Waals surface area contributed by atoms with Crippen molar-refractivity contribution in [2.45, 2.75) is 9.10 Å². The number of primary amides is 1. The van der Waals surface area contributed by atoms with E-state index in [1.165, 1.54) is 4.21 Å². The maximum Gasteiger partial charge on any atom is 0.248 e. The molecule has 5 heteroatoms. The molecule has 2 aromatic rings. The standard InChI is InChI=1S/C11H10N2OS2/c12-8-6-7(11(13)14)3-4-9(8)16-10-2-1-5-15-10/h1-6H,12H2,(H2,13,14). The van der Waals surface area contributed by atoms with Crippen molar-refractivity contribution in [2.75, 3.05) is 5.73 Å². The van der Waals surface area contributed by atoms with Gasteiger partial charge in [0.2, 0.25) is 5.91 Å². The van der Waals surface area contributed by atoms with Crippen molar-refractivity contribution in [3.05, 3.63) is 41.3 Å². The lowest BCUT2D eigenvalue weighted by atomic mass is 10.2. The van der Waals surface area contributed by atoms with E-state index in [1.807, 2.05) is 23.6 Å². The first-order chi connectivity index (χ1) is 7.66. The van der Waals surface area contributed by atoms with Crippen LogP contribution in [-0.4, -0.2) is 5.91 Å². The molecule has 0 fully saturated rings. The minimum absolute atomic E-state index is 0.438. The fourth-order valence-electron chi connectivity index (χ4n) is 1.22. The zero-order valence-corrected chi connectivity index (χ0v) is 9.98. The third-order valence-corrected chi connectivity index (χ3v) is 4.13. The quantitative estimate of drug-likeness (QED) is 0.823. The van der Waals surface area contributed by atoms with E-state index in [-0.39, 0.29) is 0 Å². The average molecular weight is 250 g/mol. The summed E-state index contributed by atoms with van der Waals surface area (Å²) >= 11 is 3.24. The molecule has 0 saturated heterocycles. The van der Waals surface area contributed by atoms with Crippen LogP contribution < -0.4 is 11.5 Å². The van der Waals surface area contributed by atoms with E-state index >= 15 is 0 Å². The van der Waals surface area contributed by atoms with E-state index in [9.17, 15) is 4.79 Å². The third kappa shape index (κ3) is 2.37. The number of anilines is 1. The maximum atomic E-state index is 10.9. The van der Waals surface area contributed by atoms with Gasteiger partial charge in [-0.25, -0.2) is 0 Å². The lowest BCUT2D eigenvalue weighted by molar-refractivity contribution is 0.100. The van der Waals surface area contributed by atoms with Crippen LogP contribution in [0.3, 0.4) is 0 Å². The van der Waals surface area contributed by atoms with Crippen molar-refractivity contribution in [1.29, 1.82) is 0 Å². The molecule has 0 aliphatic heterocycles. The van der Waals surface area contributed by atoms with E-state index in [4.69, 9.17) is 11.5 Å². The zero-order chi connectivity index (χ0) is 11.5. The number of rotatable bonds is 3. The number of hydrogen-bond acceptors (Lipinski definition) is 4. The van der Waals surface area contributed by atoms with Gasteiger partial charge in [-0.2, -0.15) is 0 Å². The number of hydrogen-bond donors (Lipinski definition) is 2. The molecule has 4 N–H and O–H groups in total. The van der Waals surface area contributed by atoms with Crippen molar-refractivity contribution in [2.24, 2.45) is 5.73 Å². The average Bonchev–Trinajstić information content (AvgIpc) is 2.73. The molecule has 0 spiro atoms. The van der Waals surface area contributed by atoms with Crippen LogP contribution in [-0.2, 0) is 0 Å². The predicted octanol–water partition coefficient (Wildman–Crippen LogP) is 2.58. The molecule has 0 unspecified atom stereocenters. The zero-order valence-electron chi connectivity index (χ0n) is 8.34. The van der Waals surface area contributed by atoms with Crippen molar-refractivity contribution >= 4 is 34.7 Å². The van der Waals surface area contributed by atoms with Gasteiger partial charge in [0.25, 0.3) is 0 Å². The summed E-state index contributed by atoms with van der Waals surface area (Å²) in [5.41, 5.74) is 12.0. The summed E-state index contributed by atoms with van der Waals surface area (Å²) in [7, 11) is 0. The molecule has 1 amide bonds. The molecule has 0 atom stereocenters. The number of benzene rings is 1. The fourth-order valence-corrected chi connectivity index (χ4v) is 2.98.